The Morgan fingerprint density at radius 2 is 1.77 bits per heavy atom. The summed E-state index contributed by atoms with van der Waals surface area (Å²) in [6, 6.07) is 0. The molecule has 8 nitrogen and oxygen atoms in total. The largest absolute Gasteiger partial charge is 0.378 e. The van der Waals surface area contributed by atoms with E-state index in [9.17, 15) is 0 Å². The van der Waals surface area contributed by atoms with Crippen molar-refractivity contribution in [3.63, 3.8) is 0 Å². The highest BCUT2D eigenvalue weighted by Crippen LogP contribution is 2.30. The van der Waals surface area contributed by atoms with Crippen LogP contribution in [0.5, 0.6) is 0 Å². The Balaban J connectivity index is 1.71. The molecule has 1 aliphatic carbocycles. The fourth-order valence-corrected chi connectivity index (χ4v) is 3.77. The lowest BCUT2D eigenvalue weighted by molar-refractivity contribution is 0.122. The SMILES string of the molecule is Nc1ncc(-c2cn3c4c(nc3c(N3CCOCC3)n2)CCCC4)cn1. The highest BCUT2D eigenvalue weighted by atomic mass is 16.5. The molecular formula is C18H21N7O. The fraction of sp³-hybridized carbons (Fsp3) is 0.444. The minimum Gasteiger partial charge on any atom is -0.378 e. The second-order valence-corrected chi connectivity index (χ2v) is 6.79. The molecule has 0 unspecified atom stereocenters. The van der Waals surface area contributed by atoms with Gasteiger partial charge in [-0.1, -0.05) is 0 Å². The van der Waals surface area contributed by atoms with Crippen LogP contribution in [0.15, 0.2) is 18.6 Å². The molecule has 3 aromatic heterocycles. The molecule has 26 heavy (non-hydrogen) atoms. The van der Waals surface area contributed by atoms with Gasteiger partial charge < -0.3 is 15.4 Å². The zero-order valence-corrected chi connectivity index (χ0v) is 14.6. The van der Waals surface area contributed by atoms with Crippen LogP contribution in [0.25, 0.3) is 16.9 Å². The number of aryl methyl sites for hydroxylation is 2. The lowest BCUT2D eigenvalue weighted by atomic mass is 10.0. The van der Waals surface area contributed by atoms with Crippen molar-refractivity contribution in [1.29, 1.82) is 0 Å². The third-order valence-electron chi connectivity index (χ3n) is 5.13. The lowest BCUT2D eigenvalue weighted by Crippen LogP contribution is -2.37. The van der Waals surface area contributed by atoms with E-state index in [4.69, 9.17) is 20.4 Å². The molecule has 0 amide bonds. The summed E-state index contributed by atoms with van der Waals surface area (Å²) in [4.78, 5) is 20.4. The molecule has 1 saturated heterocycles. The molecular weight excluding hydrogens is 330 g/mol. The topological polar surface area (TPSA) is 94.5 Å². The number of morpholine rings is 1. The Morgan fingerprint density at radius 3 is 2.58 bits per heavy atom. The van der Waals surface area contributed by atoms with Gasteiger partial charge in [-0.2, -0.15) is 0 Å². The molecule has 8 heteroatoms. The number of hydrogen-bond acceptors (Lipinski definition) is 7. The maximum absolute atomic E-state index is 5.64. The van der Waals surface area contributed by atoms with Gasteiger partial charge in [-0.15, -0.1) is 0 Å². The van der Waals surface area contributed by atoms with Crippen molar-refractivity contribution in [1.82, 2.24) is 24.3 Å². The van der Waals surface area contributed by atoms with Crippen LogP contribution in [-0.2, 0) is 17.6 Å². The summed E-state index contributed by atoms with van der Waals surface area (Å²) in [7, 11) is 0. The lowest BCUT2D eigenvalue weighted by Gasteiger charge is -2.28. The van der Waals surface area contributed by atoms with Crippen LogP contribution in [0.3, 0.4) is 0 Å². The first kappa shape index (κ1) is 15.5. The van der Waals surface area contributed by atoms with Gasteiger partial charge in [0, 0.05) is 42.9 Å². The van der Waals surface area contributed by atoms with Gasteiger partial charge >= 0.3 is 0 Å². The standard InChI is InChI=1S/C18H21N7O/c19-18-20-9-12(10-21-18)14-11-25-15-4-2-1-3-13(15)22-17(25)16(23-14)24-5-7-26-8-6-24/h9-11H,1-8H2,(H2,19,20,21). The van der Waals surface area contributed by atoms with E-state index >= 15 is 0 Å². The summed E-state index contributed by atoms with van der Waals surface area (Å²) in [6.45, 7) is 3.07. The Bertz CT molecular complexity index is 944. The average molecular weight is 351 g/mol. The van der Waals surface area contributed by atoms with E-state index in [-0.39, 0.29) is 5.95 Å². The number of hydrogen-bond donors (Lipinski definition) is 1. The summed E-state index contributed by atoms with van der Waals surface area (Å²) >= 11 is 0. The predicted octanol–water partition coefficient (Wildman–Crippen LogP) is 1.48. The van der Waals surface area contributed by atoms with E-state index in [1.54, 1.807) is 12.4 Å². The first-order valence-electron chi connectivity index (χ1n) is 9.11. The summed E-state index contributed by atoms with van der Waals surface area (Å²) in [5.74, 6) is 1.18. The van der Waals surface area contributed by atoms with Crippen LogP contribution in [-0.4, -0.2) is 50.6 Å². The van der Waals surface area contributed by atoms with E-state index in [0.717, 1.165) is 48.7 Å². The molecule has 1 aliphatic heterocycles. The van der Waals surface area contributed by atoms with Crippen molar-refractivity contribution in [3.8, 4) is 11.3 Å². The number of anilines is 2. The number of nitrogens with zero attached hydrogens (tertiary/aromatic N) is 6. The van der Waals surface area contributed by atoms with Crippen molar-refractivity contribution in [2.24, 2.45) is 0 Å². The molecule has 0 saturated carbocycles. The second-order valence-electron chi connectivity index (χ2n) is 6.79. The van der Waals surface area contributed by atoms with Crippen LogP contribution >= 0.6 is 0 Å². The van der Waals surface area contributed by atoms with Crippen LogP contribution in [0.4, 0.5) is 11.8 Å². The highest BCUT2D eigenvalue weighted by Gasteiger charge is 2.23. The van der Waals surface area contributed by atoms with E-state index in [0.29, 0.717) is 13.2 Å². The Hall–Kier alpha value is -2.74. The predicted molar refractivity (Wildman–Crippen MR) is 98.1 cm³/mol. The van der Waals surface area contributed by atoms with E-state index in [1.165, 1.54) is 24.2 Å². The molecule has 2 N–H and O–H groups in total. The monoisotopic (exact) mass is 351 g/mol. The minimum absolute atomic E-state index is 0.267. The number of aromatic nitrogens is 5. The minimum atomic E-state index is 0.267. The molecule has 0 bridgehead atoms. The summed E-state index contributed by atoms with van der Waals surface area (Å²) in [5.41, 5.74) is 10.8. The molecule has 1 fully saturated rings. The zero-order valence-electron chi connectivity index (χ0n) is 14.6. The van der Waals surface area contributed by atoms with Gasteiger partial charge in [-0.3, -0.25) is 4.40 Å². The Labute approximate surface area is 151 Å². The summed E-state index contributed by atoms with van der Waals surface area (Å²) in [5, 5.41) is 0. The Morgan fingerprint density at radius 1 is 1.00 bits per heavy atom. The Kier molecular flexibility index (Phi) is 3.70. The van der Waals surface area contributed by atoms with E-state index < -0.39 is 0 Å². The third-order valence-corrected chi connectivity index (χ3v) is 5.13. The van der Waals surface area contributed by atoms with E-state index in [1.807, 2.05) is 0 Å². The van der Waals surface area contributed by atoms with E-state index in [2.05, 4.69) is 25.5 Å². The molecule has 0 aromatic carbocycles. The van der Waals surface area contributed by atoms with Crippen molar-refractivity contribution in [2.45, 2.75) is 25.7 Å². The van der Waals surface area contributed by atoms with Gasteiger partial charge in [0.25, 0.3) is 0 Å². The molecule has 2 aliphatic rings. The first-order chi connectivity index (χ1) is 12.8. The van der Waals surface area contributed by atoms with Crippen LogP contribution in [0, 0.1) is 0 Å². The zero-order chi connectivity index (χ0) is 17.5. The summed E-state index contributed by atoms with van der Waals surface area (Å²) < 4.78 is 7.73. The number of fused-ring (bicyclic) bond motifs is 3. The second kappa shape index (κ2) is 6.21. The fourth-order valence-electron chi connectivity index (χ4n) is 3.77. The van der Waals surface area contributed by atoms with Gasteiger partial charge in [0.2, 0.25) is 5.95 Å². The maximum Gasteiger partial charge on any atom is 0.219 e. The number of nitrogen functional groups attached to an aromatic ring is 1. The normalized spacial score (nSPS) is 17.5. The van der Waals surface area contributed by atoms with Crippen molar-refractivity contribution in [3.05, 3.63) is 30.0 Å². The number of rotatable bonds is 2. The first-order valence-corrected chi connectivity index (χ1v) is 9.11. The molecule has 0 atom stereocenters. The van der Waals surface area contributed by atoms with Crippen LogP contribution < -0.4 is 10.6 Å². The quantitative estimate of drug-likeness (QED) is 0.747. The van der Waals surface area contributed by atoms with Crippen molar-refractivity contribution < 1.29 is 4.74 Å². The molecule has 3 aromatic rings. The summed E-state index contributed by atoms with van der Waals surface area (Å²) in [6.07, 6.45) is 10.0. The van der Waals surface area contributed by atoms with Gasteiger partial charge in [0.1, 0.15) is 0 Å². The maximum atomic E-state index is 5.64. The molecule has 5 rings (SSSR count). The van der Waals surface area contributed by atoms with Gasteiger partial charge in [-0.05, 0) is 25.7 Å². The van der Waals surface area contributed by atoms with Gasteiger partial charge in [-0.25, -0.2) is 19.9 Å². The highest BCUT2D eigenvalue weighted by molar-refractivity contribution is 5.71. The number of ether oxygens (including phenoxy) is 1. The molecule has 4 heterocycles. The van der Waals surface area contributed by atoms with Crippen molar-refractivity contribution in [2.75, 3.05) is 36.9 Å². The molecule has 134 valence electrons. The van der Waals surface area contributed by atoms with Crippen LogP contribution in [0.2, 0.25) is 0 Å². The third kappa shape index (κ3) is 2.57. The van der Waals surface area contributed by atoms with Gasteiger partial charge in [0.15, 0.2) is 11.5 Å². The number of imidazole rings is 1. The molecule has 0 spiro atoms. The smallest absolute Gasteiger partial charge is 0.219 e. The molecule has 0 radical (unpaired) electrons. The van der Waals surface area contributed by atoms with Crippen molar-refractivity contribution >= 4 is 17.4 Å². The number of nitrogens with two attached hydrogens (primary N) is 1. The van der Waals surface area contributed by atoms with Gasteiger partial charge in [0.05, 0.1) is 24.6 Å². The average Bonchev–Trinajstić information content (AvgIpc) is 3.07. The van der Waals surface area contributed by atoms with Crippen LogP contribution in [0.1, 0.15) is 24.2 Å².